The fourth-order valence-corrected chi connectivity index (χ4v) is 4.72. The van der Waals surface area contributed by atoms with Crippen LogP contribution >= 0.6 is 0 Å². The first kappa shape index (κ1) is 28.3. The van der Waals surface area contributed by atoms with Gasteiger partial charge in [-0.05, 0) is 52.0 Å². The van der Waals surface area contributed by atoms with Gasteiger partial charge in [0, 0.05) is 55.9 Å². The first-order valence-corrected chi connectivity index (χ1v) is 12.8. The standard InChI is InChI=1S/C29H34N4O5/c1-7-32(8-2)19-11-13-21(23(15-19)30-17(5)34)25-27(36)26(29(38)28(25)37)22-14-12-20(33(9-3)10-4)16-24(22)31-18(6)35/h11-16H,7-10H2,1-6H3,(H2,30,31,34,35,36,37,38)/p+1. The van der Waals surface area contributed by atoms with Crippen LogP contribution in [0.3, 0.4) is 0 Å². The molecule has 0 unspecified atom stereocenters. The number of hydrogen-bond donors (Lipinski definition) is 3. The molecule has 200 valence electrons. The van der Waals surface area contributed by atoms with Crippen molar-refractivity contribution in [3.8, 4) is 0 Å². The molecule has 2 aliphatic rings. The lowest BCUT2D eigenvalue weighted by atomic mass is 9.96. The zero-order chi connectivity index (χ0) is 28.1. The van der Waals surface area contributed by atoms with Crippen molar-refractivity contribution in [2.75, 3.05) is 36.4 Å². The number of rotatable bonds is 8. The number of carbonyl (C=O) groups is 4. The average Bonchev–Trinajstić information content (AvgIpc) is 3.08. The molecule has 0 heterocycles. The number of Topliss-reactive ketones (excluding diaryl/α,β-unsaturated/α-hetero) is 2. The number of nitrogens with one attached hydrogen (secondary N) is 2. The van der Waals surface area contributed by atoms with E-state index < -0.39 is 17.3 Å². The Morgan fingerprint density at radius 2 is 1.50 bits per heavy atom. The van der Waals surface area contributed by atoms with E-state index in [2.05, 4.69) is 20.1 Å². The molecule has 3 N–H and O–H groups in total. The lowest BCUT2D eigenvalue weighted by molar-refractivity contribution is -0.519. The predicted octanol–water partition coefficient (Wildman–Crippen LogP) is 3.29. The number of carbonyl (C=O) groups excluding carboxylic acids is 4. The minimum Gasteiger partial charge on any atom is -0.506 e. The third-order valence-corrected chi connectivity index (χ3v) is 6.56. The van der Waals surface area contributed by atoms with Crippen LogP contribution in [0.25, 0.3) is 5.57 Å². The third-order valence-electron chi connectivity index (χ3n) is 6.56. The van der Waals surface area contributed by atoms with Gasteiger partial charge in [-0.15, -0.1) is 0 Å². The van der Waals surface area contributed by atoms with E-state index >= 15 is 0 Å². The molecule has 0 saturated heterocycles. The van der Waals surface area contributed by atoms with E-state index in [0.717, 1.165) is 37.6 Å². The van der Waals surface area contributed by atoms with E-state index in [0.29, 0.717) is 11.4 Å². The molecule has 0 saturated carbocycles. The molecule has 2 amide bonds. The molecule has 0 aliphatic heterocycles. The molecule has 38 heavy (non-hydrogen) atoms. The number of aliphatic hydroxyl groups excluding tert-OH is 1. The van der Waals surface area contributed by atoms with Gasteiger partial charge in [-0.25, -0.2) is 4.58 Å². The number of benzene rings is 1. The molecule has 3 rings (SSSR count). The minimum absolute atomic E-state index is 0.193. The molecular formula is C29H35N4O5+. The first-order chi connectivity index (χ1) is 18.1. The Morgan fingerprint density at radius 1 is 0.895 bits per heavy atom. The van der Waals surface area contributed by atoms with Crippen LogP contribution in [0, 0.1) is 0 Å². The highest BCUT2D eigenvalue weighted by molar-refractivity contribution is 6.63. The van der Waals surface area contributed by atoms with E-state index in [1.807, 2.05) is 27.7 Å². The highest BCUT2D eigenvalue weighted by atomic mass is 16.3. The summed E-state index contributed by atoms with van der Waals surface area (Å²) in [5.41, 5.74) is 2.36. The van der Waals surface area contributed by atoms with Gasteiger partial charge in [0.25, 0.3) is 0 Å². The van der Waals surface area contributed by atoms with Crippen molar-refractivity contribution >= 4 is 46.0 Å². The van der Waals surface area contributed by atoms with Crippen molar-refractivity contribution in [1.82, 2.24) is 5.32 Å². The molecule has 1 aromatic carbocycles. The predicted molar refractivity (Wildman–Crippen MR) is 148 cm³/mol. The number of allylic oxidation sites excluding steroid dienone is 5. The van der Waals surface area contributed by atoms with Crippen LogP contribution in [-0.2, 0) is 19.2 Å². The van der Waals surface area contributed by atoms with Crippen LogP contribution in [0.4, 0.5) is 11.4 Å². The molecule has 0 fully saturated rings. The molecule has 0 spiro atoms. The molecule has 2 aliphatic carbocycles. The number of hydrogen-bond acceptors (Lipinski definition) is 6. The summed E-state index contributed by atoms with van der Waals surface area (Å²) >= 11 is 0. The van der Waals surface area contributed by atoms with Crippen molar-refractivity contribution in [2.45, 2.75) is 41.5 Å². The monoisotopic (exact) mass is 519 g/mol. The Bertz CT molecular complexity index is 1350. The number of amides is 2. The normalized spacial score (nSPS) is 17.1. The Hall–Kier alpha value is -4.27. The van der Waals surface area contributed by atoms with Crippen LogP contribution in [0.2, 0.25) is 0 Å². The number of nitrogens with zero attached hydrogens (tertiary/aromatic N) is 2. The van der Waals surface area contributed by atoms with Crippen molar-refractivity contribution in [3.05, 3.63) is 64.6 Å². The number of aliphatic hydroxyl groups is 1. The fourth-order valence-electron chi connectivity index (χ4n) is 4.72. The van der Waals surface area contributed by atoms with Gasteiger partial charge in [-0.3, -0.25) is 19.2 Å². The smallest absolute Gasteiger partial charge is 0.238 e. The van der Waals surface area contributed by atoms with Gasteiger partial charge in [-0.2, -0.15) is 0 Å². The van der Waals surface area contributed by atoms with E-state index in [-0.39, 0.29) is 34.1 Å². The molecule has 0 aromatic heterocycles. The van der Waals surface area contributed by atoms with Gasteiger partial charge < -0.3 is 20.6 Å². The Balaban J connectivity index is 2.26. The van der Waals surface area contributed by atoms with Crippen molar-refractivity contribution in [3.63, 3.8) is 0 Å². The second-order valence-corrected chi connectivity index (χ2v) is 8.92. The molecule has 1 aromatic rings. The number of anilines is 2. The maximum atomic E-state index is 13.3. The van der Waals surface area contributed by atoms with Gasteiger partial charge in [0.05, 0.1) is 22.5 Å². The van der Waals surface area contributed by atoms with E-state index in [9.17, 15) is 24.3 Å². The number of ketones is 2. The largest absolute Gasteiger partial charge is 0.506 e. The van der Waals surface area contributed by atoms with Crippen LogP contribution in [0.15, 0.2) is 59.0 Å². The van der Waals surface area contributed by atoms with Crippen LogP contribution < -0.4 is 15.5 Å². The quantitative estimate of drug-likeness (QED) is 0.276. The lowest BCUT2D eigenvalue weighted by Crippen LogP contribution is -2.27. The Morgan fingerprint density at radius 3 is 2.05 bits per heavy atom. The maximum absolute atomic E-state index is 13.3. The van der Waals surface area contributed by atoms with Crippen LogP contribution in [-0.4, -0.2) is 65.0 Å². The van der Waals surface area contributed by atoms with Gasteiger partial charge in [-0.1, -0.05) is 0 Å². The molecule has 0 bridgehead atoms. The molecule has 0 atom stereocenters. The Labute approximate surface area is 222 Å². The zero-order valence-corrected chi connectivity index (χ0v) is 22.8. The van der Waals surface area contributed by atoms with E-state index in [1.54, 1.807) is 36.4 Å². The minimum atomic E-state index is -0.888. The van der Waals surface area contributed by atoms with Gasteiger partial charge >= 0.3 is 0 Å². The summed E-state index contributed by atoms with van der Waals surface area (Å²) in [4.78, 5) is 52.6. The van der Waals surface area contributed by atoms with Crippen molar-refractivity contribution < 1.29 is 28.9 Å². The van der Waals surface area contributed by atoms with E-state index in [1.165, 1.54) is 13.8 Å². The van der Waals surface area contributed by atoms with E-state index in [4.69, 9.17) is 0 Å². The summed E-state index contributed by atoms with van der Waals surface area (Å²) in [6.07, 6.45) is 5.13. The second-order valence-electron chi connectivity index (χ2n) is 8.92. The Kier molecular flexibility index (Phi) is 8.83. The van der Waals surface area contributed by atoms with Crippen molar-refractivity contribution in [2.24, 2.45) is 0 Å². The summed E-state index contributed by atoms with van der Waals surface area (Å²) in [5.74, 6) is -2.99. The third kappa shape index (κ3) is 5.51. The summed E-state index contributed by atoms with van der Waals surface area (Å²) in [6.45, 7) is 13.6. The topological polar surface area (TPSA) is 119 Å². The molecular weight excluding hydrogens is 484 g/mol. The van der Waals surface area contributed by atoms with Crippen LogP contribution in [0.5, 0.6) is 0 Å². The van der Waals surface area contributed by atoms with Gasteiger partial charge in [0.15, 0.2) is 0 Å². The summed E-state index contributed by atoms with van der Waals surface area (Å²) in [5, 5.41) is 16.8. The summed E-state index contributed by atoms with van der Waals surface area (Å²) < 4.78 is 2.07. The maximum Gasteiger partial charge on any atom is 0.238 e. The molecule has 0 radical (unpaired) electrons. The first-order valence-electron chi connectivity index (χ1n) is 12.8. The summed E-state index contributed by atoms with van der Waals surface area (Å²) in [7, 11) is 0. The summed E-state index contributed by atoms with van der Waals surface area (Å²) in [6, 6.07) is 5.13. The highest BCUT2D eigenvalue weighted by Crippen LogP contribution is 2.39. The molecule has 9 heteroatoms. The zero-order valence-electron chi connectivity index (χ0n) is 22.8. The van der Waals surface area contributed by atoms with Gasteiger partial charge in [0.1, 0.15) is 18.8 Å². The SMILES string of the molecule is CCN(CC)c1ccc(C2=C(O)/C(=C3\C=CC(=[N+](CC)CC)C=C3NC(C)=O)C(=O)C2=O)c(NC(C)=O)c1. The fraction of sp³-hybridized carbons (Fsp3) is 0.345. The second kappa shape index (κ2) is 11.9. The van der Waals surface area contributed by atoms with Gasteiger partial charge in [0.2, 0.25) is 29.1 Å². The van der Waals surface area contributed by atoms with Crippen LogP contribution in [0.1, 0.15) is 47.1 Å². The van der Waals surface area contributed by atoms with Crippen molar-refractivity contribution in [1.29, 1.82) is 0 Å². The lowest BCUT2D eigenvalue weighted by Gasteiger charge is -2.23. The highest BCUT2D eigenvalue weighted by Gasteiger charge is 2.41. The molecule has 9 nitrogen and oxygen atoms in total. The average molecular weight is 520 g/mol.